The molecule has 1 amide bonds. The summed E-state index contributed by atoms with van der Waals surface area (Å²) in [7, 11) is 3.59. The van der Waals surface area contributed by atoms with Crippen LogP contribution in [0.3, 0.4) is 0 Å². The number of thiol groups is 1. The van der Waals surface area contributed by atoms with E-state index in [0.717, 1.165) is 6.42 Å². The lowest BCUT2D eigenvalue weighted by atomic mass is 9.91. The molecule has 0 radical (unpaired) electrons. The third kappa shape index (κ3) is 4.36. The van der Waals surface area contributed by atoms with Crippen LogP contribution in [0.15, 0.2) is 11.5 Å². The van der Waals surface area contributed by atoms with E-state index in [-0.39, 0.29) is 11.8 Å². The Kier molecular flexibility index (Phi) is 5.88. The summed E-state index contributed by atoms with van der Waals surface area (Å²) in [5.74, 6) is 0.652. The average Bonchev–Trinajstić information content (AvgIpc) is 2.04. The largest absolute Gasteiger partial charge is 0.349 e. The molecule has 76 valence electrons. The van der Waals surface area contributed by atoms with Gasteiger partial charge in [0.15, 0.2) is 0 Å². The van der Waals surface area contributed by atoms with Gasteiger partial charge in [-0.3, -0.25) is 4.79 Å². The van der Waals surface area contributed by atoms with Crippen LogP contribution in [0, 0.1) is 11.8 Å². The normalized spacial score (nSPS) is 13.7. The molecule has 0 aliphatic rings. The molecular weight excluding hydrogens is 182 g/mol. The van der Waals surface area contributed by atoms with E-state index in [0.29, 0.717) is 5.92 Å². The fourth-order valence-electron chi connectivity index (χ4n) is 1.20. The average molecular weight is 201 g/mol. The smallest absolute Gasteiger partial charge is 0.225 e. The fraction of sp³-hybridized carbons (Fsp3) is 0.700. The molecule has 2 nitrogen and oxygen atoms in total. The van der Waals surface area contributed by atoms with Gasteiger partial charge >= 0.3 is 0 Å². The zero-order valence-electron chi connectivity index (χ0n) is 8.82. The monoisotopic (exact) mass is 201 g/mol. The Morgan fingerprint density at radius 3 is 2.31 bits per heavy atom. The molecule has 13 heavy (non-hydrogen) atoms. The van der Waals surface area contributed by atoms with Crippen molar-refractivity contribution in [2.45, 2.75) is 20.3 Å². The van der Waals surface area contributed by atoms with Gasteiger partial charge < -0.3 is 4.90 Å². The third-order valence-corrected chi connectivity index (χ3v) is 2.27. The zero-order valence-corrected chi connectivity index (χ0v) is 9.71. The predicted octanol–water partition coefficient (Wildman–Crippen LogP) is 2.18. The van der Waals surface area contributed by atoms with Crippen molar-refractivity contribution in [1.82, 2.24) is 4.90 Å². The maximum atomic E-state index is 11.7. The molecule has 0 bridgehead atoms. The number of carbonyl (C=O) groups excluding carboxylic acids is 1. The molecule has 0 fully saturated rings. The molecule has 0 saturated carbocycles. The number of allylic oxidation sites excluding steroid dienone is 1. The first-order chi connectivity index (χ1) is 6.00. The van der Waals surface area contributed by atoms with Crippen LogP contribution < -0.4 is 0 Å². The molecule has 0 aliphatic carbocycles. The summed E-state index contributed by atoms with van der Waals surface area (Å²) >= 11 is 3.98. The van der Waals surface area contributed by atoms with Crippen LogP contribution >= 0.6 is 12.6 Å². The van der Waals surface area contributed by atoms with Crippen molar-refractivity contribution in [1.29, 1.82) is 0 Å². The van der Waals surface area contributed by atoms with Gasteiger partial charge in [0.2, 0.25) is 5.91 Å². The minimum absolute atomic E-state index is 0.0819. The second-order valence-corrected chi connectivity index (χ2v) is 4.00. The molecule has 1 unspecified atom stereocenters. The van der Waals surface area contributed by atoms with Gasteiger partial charge in [-0.25, -0.2) is 0 Å². The van der Waals surface area contributed by atoms with Gasteiger partial charge in [-0.2, -0.15) is 12.6 Å². The van der Waals surface area contributed by atoms with E-state index < -0.39 is 0 Å². The van der Waals surface area contributed by atoms with Gasteiger partial charge in [-0.1, -0.05) is 19.9 Å². The fourth-order valence-corrected chi connectivity index (χ4v) is 1.32. The van der Waals surface area contributed by atoms with E-state index in [9.17, 15) is 4.79 Å². The van der Waals surface area contributed by atoms with Gasteiger partial charge in [-0.15, -0.1) is 0 Å². The highest BCUT2D eigenvalue weighted by Gasteiger charge is 2.21. The molecule has 0 aromatic rings. The van der Waals surface area contributed by atoms with Crippen LogP contribution in [0.25, 0.3) is 0 Å². The Morgan fingerprint density at radius 1 is 1.46 bits per heavy atom. The predicted molar refractivity (Wildman–Crippen MR) is 59.8 cm³/mol. The molecule has 0 aliphatic heterocycles. The molecular formula is C10H19NOS. The van der Waals surface area contributed by atoms with Crippen LogP contribution in [0.2, 0.25) is 0 Å². The third-order valence-electron chi connectivity index (χ3n) is 2.06. The summed E-state index contributed by atoms with van der Waals surface area (Å²) in [5, 5.41) is 1.69. The summed E-state index contributed by atoms with van der Waals surface area (Å²) in [6.07, 6.45) is 2.70. The molecule has 1 atom stereocenters. The van der Waals surface area contributed by atoms with Gasteiger partial charge in [-0.05, 0) is 17.7 Å². The Bertz CT molecular complexity index is 187. The highest BCUT2D eigenvalue weighted by atomic mass is 32.1. The summed E-state index contributed by atoms with van der Waals surface area (Å²) in [5.41, 5.74) is 0. The summed E-state index contributed by atoms with van der Waals surface area (Å²) in [6, 6.07) is 0. The van der Waals surface area contributed by atoms with Crippen LogP contribution in [0.1, 0.15) is 20.3 Å². The van der Waals surface area contributed by atoms with Crippen molar-refractivity contribution in [2.75, 3.05) is 14.1 Å². The molecule has 3 heteroatoms. The minimum atomic E-state index is 0.0819. The van der Waals surface area contributed by atoms with E-state index in [4.69, 9.17) is 0 Å². The van der Waals surface area contributed by atoms with Crippen LogP contribution in [0.5, 0.6) is 0 Å². The molecule has 0 N–H and O–H groups in total. The second-order valence-electron chi connectivity index (χ2n) is 3.70. The van der Waals surface area contributed by atoms with Crippen molar-refractivity contribution >= 4 is 18.5 Å². The van der Waals surface area contributed by atoms with Crippen molar-refractivity contribution in [3.05, 3.63) is 11.5 Å². The Balaban J connectivity index is 4.33. The first-order valence-corrected chi connectivity index (χ1v) is 5.02. The number of nitrogens with zero attached hydrogens (tertiary/aromatic N) is 1. The lowest BCUT2D eigenvalue weighted by Gasteiger charge is -2.22. The Morgan fingerprint density at radius 2 is 2.00 bits per heavy atom. The van der Waals surface area contributed by atoms with Crippen molar-refractivity contribution in [3.8, 4) is 0 Å². The van der Waals surface area contributed by atoms with E-state index in [1.54, 1.807) is 24.4 Å². The second kappa shape index (κ2) is 6.08. The van der Waals surface area contributed by atoms with Crippen LogP contribution in [0.4, 0.5) is 0 Å². The molecule has 0 aromatic heterocycles. The van der Waals surface area contributed by atoms with E-state index in [2.05, 4.69) is 26.5 Å². The SMILES string of the molecule is CC(C)C(C/C=C/S)C(=O)N(C)C. The van der Waals surface area contributed by atoms with E-state index in [1.165, 1.54) is 0 Å². The summed E-state index contributed by atoms with van der Waals surface area (Å²) in [6.45, 7) is 4.14. The number of amides is 1. The quantitative estimate of drug-likeness (QED) is 0.691. The highest BCUT2D eigenvalue weighted by Crippen LogP contribution is 2.17. The van der Waals surface area contributed by atoms with Gasteiger partial charge in [0.1, 0.15) is 0 Å². The molecule has 0 rings (SSSR count). The topological polar surface area (TPSA) is 20.3 Å². The summed E-state index contributed by atoms with van der Waals surface area (Å²) in [4.78, 5) is 13.3. The number of hydrogen-bond acceptors (Lipinski definition) is 2. The number of hydrogen-bond donors (Lipinski definition) is 1. The highest BCUT2D eigenvalue weighted by molar-refractivity contribution is 7.83. The van der Waals surface area contributed by atoms with E-state index >= 15 is 0 Å². The first kappa shape index (κ1) is 12.6. The number of carbonyl (C=O) groups is 1. The van der Waals surface area contributed by atoms with Crippen molar-refractivity contribution in [3.63, 3.8) is 0 Å². The van der Waals surface area contributed by atoms with Crippen LogP contribution in [-0.2, 0) is 4.79 Å². The Hall–Kier alpha value is -0.440. The van der Waals surface area contributed by atoms with E-state index in [1.807, 2.05) is 6.08 Å². The van der Waals surface area contributed by atoms with Crippen molar-refractivity contribution in [2.24, 2.45) is 11.8 Å². The van der Waals surface area contributed by atoms with Crippen molar-refractivity contribution < 1.29 is 4.79 Å². The van der Waals surface area contributed by atoms with Gasteiger partial charge in [0.05, 0.1) is 0 Å². The van der Waals surface area contributed by atoms with Gasteiger partial charge in [0, 0.05) is 20.0 Å². The van der Waals surface area contributed by atoms with Crippen LogP contribution in [-0.4, -0.2) is 24.9 Å². The minimum Gasteiger partial charge on any atom is -0.349 e. The lowest BCUT2D eigenvalue weighted by Crippen LogP contribution is -2.32. The zero-order chi connectivity index (χ0) is 10.4. The molecule has 0 heterocycles. The first-order valence-electron chi connectivity index (χ1n) is 4.51. The molecule has 0 saturated heterocycles. The number of rotatable bonds is 4. The maximum Gasteiger partial charge on any atom is 0.225 e. The standard InChI is InChI=1S/C10H19NOS/c1-8(2)9(6-5-7-13)10(12)11(3)4/h5,7-9,13H,6H2,1-4H3/b7-5+. The van der Waals surface area contributed by atoms with Gasteiger partial charge in [0.25, 0.3) is 0 Å². The lowest BCUT2D eigenvalue weighted by molar-refractivity contribution is -0.134. The summed E-state index contributed by atoms with van der Waals surface area (Å²) < 4.78 is 0. The molecule has 0 spiro atoms. The maximum absolute atomic E-state index is 11.7. The Labute approximate surface area is 86.4 Å². The molecule has 0 aromatic carbocycles.